The second-order valence-electron chi connectivity index (χ2n) is 6.88. The molecule has 5 atom stereocenters. The van der Waals surface area contributed by atoms with E-state index in [4.69, 9.17) is 0 Å². The van der Waals surface area contributed by atoms with Gasteiger partial charge >= 0.3 is 0 Å². The van der Waals surface area contributed by atoms with Crippen LogP contribution in [0.25, 0.3) is 10.9 Å². The first-order valence-electron chi connectivity index (χ1n) is 8.53. The molecule has 116 valence electrons. The number of nitrogens with zero attached hydrogens (tertiary/aromatic N) is 2. The molecular formula is C19H24N2O. The van der Waals surface area contributed by atoms with E-state index in [-0.39, 0.29) is 6.04 Å². The highest BCUT2D eigenvalue weighted by Gasteiger charge is 2.42. The standard InChI is InChI=1S/C19H24N2O/c1-2-13-12-21-10-8-14(13)11-18(21)19(22)16-7-9-20-17-6-4-3-5-15(16)17/h3-7,9,13-14,18-19,22H,2,8,10-12H2,1H3/t13-,14-,18+,19+/m0/s1. The lowest BCUT2D eigenvalue weighted by molar-refractivity contribution is -0.0562. The molecule has 1 unspecified atom stereocenters. The average Bonchev–Trinajstić information content (AvgIpc) is 2.60. The molecule has 2 bridgehead atoms. The second-order valence-corrected chi connectivity index (χ2v) is 6.88. The summed E-state index contributed by atoms with van der Waals surface area (Å²) in [5, 5.41) is 12.1. The van der Waals surface area contributed by atoms with Crippen LogP contribution in [0.3, 0.4) is 0 Å². The number of para-hydroxylation sites is 1. The first-order chi connectivity index (χ1) is 10.8. The van der Waals surface area contributed by atoms with Crippen molar-refractivity contribution < 1.29 is 5.11 Å². The normalized spacial score (nSPS) is 32.3. The van der Waals surface area contributed by atoms with Gasteiger partial charge in [-0.2, -0.15) is 0 Å². The number of piperidine rings is 3. The summed E-state index contributed by atoms with van der Waals surface area (Å²) in [6, 6.07) is 10.4. The van der Waals surface area contributed by atoms with Gasteiger partial charge in [0.2, 0.25) is 0 Å². The van der Waals surface area contributed by atoms with E-state index in [2.05, 4.69) is 22.9 Å². The largest absolute Gasteiger partial charge is 0.387 e. The molecule has 3 heteroatoms. The summed E-state index contributed by atoms with van der Waals surface area (Å²) in [6.45, 7) is 4.60. The number of hydrogen-bond acceptors (Lipinski definition) is 3. The van der Waals surface area contributed by atoms with Crippen molar-refractivity contribution in [2.75, 3.05) is 13.1 Å². The average molecular weight is 296 g/mol. The van der Waals surface area contributed by atoms with Gasteiger partial charge in [-0.15, -0.1) is 0 Å². The number of fused-ring (bicyclic) bond motifs is 4. The zero-order valence-corrected chi connectivity index (χ0v) is 13.2. The van der Waals surface area contributed by atoms with Crippen LogP contribution in [0.15, 0.2) is 36.5 Å². The molecule has 5 rings (SSSR count). The molecular weight excluding hydrogens is 272 g/mol. The minimum absolute atomic E-state index is 0.271. The third-order valence-corrected chi connectivity index (χ3v) is 5.83. The van der Waals surface area contributed by atoms with Gasteiger partial charge < -0.3 is 5.11 Å². The number of benzene rings is 1. The Bertz CT molecular complexity index is 666. The highest BCUT2D eigenvalue weighted by Crippen LogP contribution is 2.42. The quantitative estimate of drug-likeness (QED) is 0.943. The Labute approximate surface area is 132 Å². The van der Waals surface area contributed by atoms with Gasteiger partial charge in [-0.25, -0.2) is 0 Å². The maximum Gasteiger partial charge on any atom is 0.0952 e. The lowest BCUT2D eigenvalue weighted by atomic mass is 9.72. The third kappa shape index (κ3) is 2.24. The van der Waals surface area contributed by atoms with Gasteiger partial charge in [0.15, 0.2) is 0 Å². The van der Waals surface area contributed by atoms with E-state index in [1.165, 1.54) is 12.8 Å². The van der Waals surface area contributed by atoms with Crippen molar-refractivity contribution in [1.29, 1.82) is 0 Å². The first-order valence-corrected chi connectivity index (χ1v) is 8.53. The van der Waals surface area contributed by atoms with Crippen molar-refractivity contribution >= 4 is 10.9 Å². The fourth-order valence-corrected chi connectivity index (χ4v) is 4.55. The van der Waals surface area contributed by atoms with Crippen LogP contribution in [-0.4, -0.2) is 34.1 Å². The van der Waals surface area contributed by atoms with E-state index in [1.807, 2.05) is 30.5 Å². The molecule has 4 heterocycles. The molecule has 3 fully saturated rings. The number of hydrogen-bond donors (Lipinski definition) is 1. The molecule has 0 saturated carbocycles. The number of aromatic nitrogens is 1. The summed E-state index contributed by atoms with van der Waals surface area (Å²) in [6.07, 6.45) is 5.12. The van der Waals surface area contributed by atoms with Gasteiger partial charge in [0.1, 0.15) is 0 Å². The van der Waals surface area contributed by atoms with Crippen molar-refractivity contribution in [1.82, 2.24) is 9.88 Å². The van der Waals surface area contributed by atoms with Crippen LogP contribution in [0.1, 0.15) is 37.9 Å². The highest BCUT2D eigenvalue weighted by atomic mass is 16.3. The maximum absolute atomic E-state index is 11.1. The van der Waals surface area contributed by atoms with Crippen LogP contribution in [-0.2, 0) is 0 Å². The van der Waals surface area contributed by atoms with Crippen LogP contribution in [0.5, 0.6) is 0 Å². The zero-order valence-electron chi connectivity index (χ0n) is 13.2. The predicted molar refractivity (Wildman–Crippen MR) is 88.6 cm³/mol. The maximum atomic E-state index is 11.1. The topological polar surface area (TPSA) is 36.4 Å². The second kappa shape index (κ2) is 5.64. The molecule has 3 saturated heterocycles. The highest BCUT2D eigenvalue weighted by molar-refractivity contribution is 5.82. The van der Waals surface area contributed by atoms with Crippen molar-refractivity contribution in [2.45, 2.75) is 38.3 Å². The van der Waals surface area contributed by atoms with Gasteiger partial charge in [0.05, 0.1) is 11.6 Å². The van der Waals surface area contributed by atoms with Gasteiger partial charge in [0, 0.05) is 24.2 Å². The SMILES string of the molecule is CC[C@H]1CN2CC[C@H]1C[C@@H]2[C@H](O)c1ccnc2ccccc12. The third-order valence-electron chi connectivity index (χ3n) is 5.83. The van der Waals surface area contributed by atoms with Crippen molar-refractivity contribution in [2.24, 2.45) is 11.8 Å². The smallest absolute Gasteiger partial charge is 0.0952 e. The van der Waals surface area contributed by atoms with E-state index in [0.717, 1.165) is 47.8 Å². The first kappa shape index (κ1) is 14.2. The monoisotopic (exact) mass is 296 g/mol. The number of aliphatic hydroxyl groups excluding tert-OH is 1. The van der Waals surface area contributed by atoms with E-state index in [9.17, 15) is 5.11 Å². The molecule has 1 aromatic carbocycles. The molecule has 2 aromatic rings. The summed E-state index contributed by atoms with van der Waals surface area (Å²) >= 11 is 0. The van der Waals surface area contributed by atoms with Gasteiger partial charge in [-0.05, 0) is 48.9 Å². The number of pyridine rings is 1. The molecule has 0 spiro atoms. The lowest BCUT2D eigenvalue weighted by Crippen LogP contribution is -2.55. The Kier molecular flexibility index (Phi) is 3.63. The molecule has 3 nitrogen and oxygen atoms in total. The van der Waals surface area contributed by atoms with E-state index < -0.39 is 6.10 Å². The summed E-state index contributed by atoms with van der Waals surface area (Å²) < 4.78 is 0. The minimum atomic E-state index is -0.409. The molecule has 3 aliphatic heterocycles. The zero-order chi connectivity index (χ0) is 15.1. The Morgan fingerprint density at radius 2 is 2.18 bits per heavy atom. The minimum Gasteiger partial charge on any atom is -0.387 e. The summed E-state index contributed by atoms with van der Waals surface area (Å²) in [5.74, 6) is 1.62. The fraction of sp³-hybridized carbons (Fsp3) is 0.526. The van der Waals surface area contributed by atoms with Crippen LogP contribution in [0.2, 0.25) is 0 Å². The lowest BCUT2D eigenvalue weighted by Gasteiger charge is -2.51. The Balaban J connectivity index is 1.66. The van der Waals surface area contributed by atoms with E-state index in [0.29, 0.717) is 0 Å². The van der Waals surface area contributed by atoms with Crippen molar-refractivity contribution in [3.8, 4) is 0 Å². The number of aliphatic hydroxyl groups is 1. The van der Waals surface area contributed by atoms with E-state index >= 15 is 0 Å². The molecule has 22 heavy (non-hydrogen) atoms. The van der Waals surface area contributed by atoms with Crippen LogP contribution in [0.4, 0.5) is 0 Å². The molecule has 0 amide bonds. The summed E-state index contributed by atoms with van der Waals surface area (Å²) in [7, 11) is 0. The Hall–Kier alpha value is -1.45. The van der Waals surface area contributed by atoms with Crippen molar-refractivity contribution in [3.63, 3.8) is 0 Å². The molecule has 1 aromatic heterocycles. The molecule has 3 aliphatic rings. The van der Waals surface area contributed by atoms with Crippen LogP contribution < -0.4 is 0 Å². The van der Waals surface area contributed by atoms with Gasteiger partial charge in [0.25, 0.3) is 0 Å². The number of rotatable bonds is 3. The molecule has 1 N–H and O–H groups in total. The predicted octanol–water partition coefficient (Wildman–Crippen LogP) is 3.39. The van der Waals surface area contributed by atoms with E-state index in [1.54, 1.807) is 0 Å². The van der Waals surface area contributed by atoms with Crippen molar-refractivity contribution in [3.05, 3.63) is 42.1 Å². The Morgan fingerprint density at radius 1 is 1.32 bits per heavy atom. The summed E-state index contributed by atoms with van der Waals surface area (Å²) in [4.78, 5) is 6.94. The van der Waals surface area contributed by atoms with Gasteiger partial charge in [-0.1, -0.05) is 31.5 Å². The van der Waals surface area contributed by atoms with Crippen LogP contribution in [0, 0.1) is 11.8 Å². The fourth-order valence-electron chi connectivity index (χ4n) is 4.55. The Morgan fingerprint density at radius 3 is 2.95 bits per heavy atom. The molecule has 0 radical (unpaired) electrons. The summed E-state index contributed by atoms with van der Waals surface area (Å²) in [5.41, 5.74) is 2.01. The molecule has 0 aliphatic carbocycles. The van der Waals surface area contributed by atoms with Gasteiger partial charge in [-0.3, -0.25) is 9.88 Å². The van der Waals surface area contributed by atoms with Crippen LogP contribution >= 0.6 is 0 Å².